The van der Waals surface area contributed by atoms with Crippen molar-refractivity contribution in [3.05, 3.63) is 114 Å². The van der Waals surface area contributed by atoms with E-state index in [0.717, 1.165) is 28.8 Å². The lowest BCUT2D eigenvalue weighted by Crippen LogP contribution is -2.43. The summed E-state index contributed by atoms with van der Waals surface area (Å²) in [5.74, 6) is -0.923. The van der Waals surface area contributed by atoms with Gasteiger partial charge in [-0.2, -0.15) is 4.57 Å². The molecule has 1 N–H and O–H groups in total. The summed E-state index contributed by atoms with van der Waals surface area (Å²) in [5.41, 5.74) is 5.28. The Kier molecular flexibility index (Phi) is 5.48. The minimum Gasteiger partial charge on any atom is -0.473 e. The Morgan fingerprint density at radius 2 is 1.24 bits per heavy atom. The molecule has 0 fully saturated rings. The summed E-state index contributed by atoms with van der Waals surface area (Å²) in [6, 6.07) is 33.9. The summed E-state index contributed by atoms with van der Waals surface area (Å²) in [6.45, 7) is 0.588. The van der Waals surface area contributed by atoms with Crippen molar-refractivity contribution < 1.29 is 14.5 Å². The van der Waals surface area contributed by atoms with Gasteiger partial charge < -0.3 is 5.11 Å². The maximum Gasteiger partial charge on any atom is 0.401 e. The van der Waals surface area contributed by atoms with Gasteiger partial charge >= 0.3 is 5.97 Å². The SMILES string of the molecule is O=C(O)c1cc(-c2ccccc2)cc(-c2ccccc2)[n+]1CCc1ccccc1. The molecule has 1 aromatic heterocycles. The zero-order valence-electron chi connectivity index (χ0n) is 16.0. The molecule has 142 valence electrons. The van der Waals surface area contributed by atoms with Crippen LogP contribution in [0.4, 0.5) is 0 Å². The van der Waals surface area contributed by atoms with Gasteiger partial charge in [-0.3, -0.25) is 0 Å². The zero-order valence-corrected chi connectivity index (χ0v) is 16.0. The number of nitrogens with zero attached hydrogens (tertiary/aromatic N) is 1. The second-order valence-electron chi connectivity index (χ2n) is 6.94. The van der Waals surface area contributed by atoms with Gasteiger partial charge in [0.25, 0.3) is 5.69 Å². The molecule has 1 heterocycles. The minimum atomic E-state index is -0.923. The van der Waals surface area contributed by atoms with Crippen LogP contribution in [0.5, 0.6) is 0 Å². The number of hydrogen-bond donors (Lipinski definition) is 1. The van der Waals surface area contributed by atoms with Crippen LogP contribution in [0.1, 0.15) is 16.1 Å². The predicted molar refractivity (Wildman–Crippen MR) is 115 cm³/mol. The highest BCUT2D eigenvalue weighted by atomic mass is 16.4. The molecule has 0 aliphatic rings. The molecular formula is C26H22NO2+. The lowest BCUT2D eigenvalue weighted by Gasteiger charge is -2.11. The van der Waals surface area contributed by atoms with E-state index in [2.05, 4.69) is 18.2 Å². The molecule has 3 nitrogen and oxygen atoms in total. The molecule has 0 atom stereocenters. The molecule has 0 spiro atoms. The maximum atomic E-state index is 12.2. The molecule has 3 aromatic carbocycles. The standard InChI is InChI=1S/C26H21NO2/c28-26(29)25-19-23(21-12-6-2-7-13-21)18-24(22-14-8-3-9-15-22)27(25)17-16-20-10-4-1-5-11-20/h1-15,18-19H,16-17H2/p+1. The number of benzene rings is 3. The van der Waals surface area contributed by atoms with Crippen molar-refractivity contribution in [1.29, 1.82) is 0 Å². The molecule has 0 unspecified atom stereocenters. The fourth-order valence-corrected chi connectivity index (χ4v) is 3.57. The smallest absolute Gasteiger partial charge is 0.401 e. The van der Waals surface area contributed by atoms with Gasteiger partial charge in [0, 0.05) is 24.1 Å². The van der Waals surface area contributed by atoms with E-state index in [-0.39, 0.29) is 0 Å². The average molecular weight is 380 g/mol. The van der Waals surface area contributed by atoms with Gasteiger partial charge in [-0.05, 0) is 28.8 Å². The van der Waals surface area contributed by atoms with E-state index in [0.29, 0.717) is 12.2 Å². The van der Waals surface area contributed by atoms with Gasteiger partial charge in [-0.1, -0.05) is 78.9 Å². The van der Waals surface area contributed by atoms with Crippen molar-refractivity contribution in [3.63, 3.8) is 0 Å². The van der Waals surface area contributed by atoms with E-state index >= 15 is 0 Å². The Morgan fingerprint density at radius 1 is 0.690 bits per heavy atom. The minimum absolute atomic E-state index is 0.293. The third kappa shape index (κ3) is 4.25. The average Bonchev–Trinajstić information content (AvgIpc) is 2.79. The Bertz CT molecular complexity index is 1110. The van der Waals surface area contributed by atoms with Crippen molar-refractivity contribution in [3.8, 4) is 22.4 Å². The van der Waals surface area contributed by atoms with E-state index in [1.54, 1.807) is 6.07 Å². The van der Waals surface area contributed by atoms with Gasteiger partial charge in [0.1, 0.15) is 0 Å². The molecule has 0 radical (unpaired) electrons. The van der Waals surface area contributed by atoms with Crippen molar-refractivity contribution in [2.75, 3.05) is 0 Å². The number of aryl methyl sites for hydroxylation is 1. The first-order chi connectivity index (χ1) is 14.2. The molecule has 3 heteroatoms. The maximum absolute atomic E-state index is 12.2. The van der Waals surface area contributed by atoms with Crippen molar-refractivity contribution >= 4 is 5.97 Å². The van der Waals surface area contributed by atoms with Crippen LogP contribution in [-0.4, -0.2) is 11.1 Å². The van der Waals surface area contributed by atoms with E-state index in [9.17, 15) is 9.90 Å². The van der Waals surface area contributed by atoms with Crippen LogP contribution in [0.2, 0.25) is 0 Å². The van der Waals surface area contributed by atoms with Gasteiger partial charge in [-0.25, -0.2) is 4.79 Å². The number of aromatic carboxylic acids is 1. The number of carboxylic acid groups (broad SMARTS) is 1. The number of carbonyl (C=O) groups is 1. The van der Waals surface area contributed by atoms with Crippen LogP contribution in [0.25, 0.3) is 22.4 Å². The Hall–Kier alpha value is -3.72. The largest absolute Gasteiger partial charge is 0.473 e. The van der Waals surface area contributed by atoms with Gasteiger partial charge in [0.2, 0.25) is 5.69 Å². The first-order valence-electron chi connectivity index (χ1n) is 9.68. The lowest BCUT2D eigenvalue weighted by atomic mass is 10.0. The van der Waals surface area contributed by atoms with Crippen LogP contribution in [-0.2, 0) is 13.0 Å². The molecule has 0 bridgehead atoms. The summed E-state index contributed by atoms with van der Waals surface area (Å²) < 4.78 is 1.91. The van der Waals surface area contributed by atoms with Gasteiger partial charge in [0.15, 0.2) is 6.54 Å². The van der Waals surface area contributed by atoms with Crippen LogP contribution in [0.15, 0.2) is 103 Å². The molecule has 4 aromatic rings. The van der Waals surface area contributed by atoms with Crippen molar-refractivity contribution in [2.45, 2.75) is 13.0 Å². The highest BCUT2D eigenvalue weighted by Crippen LogP contribution is 2.25. The fraction of sp³-hybridized carbons (Fsp3) is 0.0769. The first-order valence-corrected chi connectivity index (χ1v) is 9.68. The Morgan fingerprint density at radius 3 is 1.83 bits per heavy atom. The zero-order chi connectivity index (χ0) is 20.1. The quantitative estimate of drug-likeness (QED) is 0.464. The number of pyridine rings is 1. The summed E-state index contributed by atoms with van der Waals surface area (Å²) >= 11 is 0. The number of rotatable bonds is 6. The topological polar surface area (TPSA) is 41.2 Å². The van der Waals surface area contributed by atoms with Crippen LogP contribution in [0, 0.1) is 0 Å². The van der Waals surface area contributed by atoms with E-state index in [1.807, 2.05) is 83.4 Å². The monoisotopic (exact) mass is 380 g/mol. The van der Waals surface area contributed by atoms with E-state index < -0.39 is 5.97 Å². The summed E-state index contributed by atoms with van der Waals surface area (Å²) in [4.78, 5) is 12.2. The molecule has 29 heavy (non-hydrogen) atoms. The van der Waals surface area contributed by atoms with Gasteiger partial charge in [-0.15, -0.1) is 0 Å². The molecule has 0 saturated heterocycles. The highest BCUT2D eigenvalue weighted by Gasteiger charge is 2.25. The van der Waals surface area contributed by atoms with Crippen molar-refractivity contribution in [1.82, 2.24) is 0 Å². The summed E-state index contributed by atoms with van der Waals surface area (Å²) in [6.07, 6.45) is 0.760. The molecular weight excluding hydrogens is 358 g/mol. The number of carboxylic acids is 1. The molecule has 0 aliphatic carbocycles. The van der Waals surface area contributed by atoms with E-state index in [1.165, 1.54) is 5.56 Å². The van der Waals surface area contributed by atoms with Crippen LogP contribution < -0.4 is 4.57 Å². The first kappa shape index (κ1) is 18.6. The van der Waals surface area contributed by atoms with Gasteiger partial charge in [0.05, 0.1) is 0 Å². The fourth-order valence-electron chi connectivity index (χ4n) is 3.57. The lowest BCUT2D eigenvalue weighted by molar-refractivity contribution is -0.688. The number of hydrogen-bond acceptors (Lipinski definition) is 1. The third-order valence-electron chi connectivity index (χ3n) is 5.03. The number of aromatic nitrogens is 1. The third-order valence-corrected chi connectivity index (χ3v) is 5.03. The van der Waals surface area contributed by atoms with Crippen LogP contribution >= 0.6 is 0 Å². The summed E-state index contributed by atoms with van der Waals surface area (Å²) in [5, 5.41) is 9.98. The second-order valence-corrected chi connectivity index (χ2v) is 6.94. The molecule has 0 aliphatic heterocycles. The van der Waals surface area contributed by atoms with E-state index in [4.69, 9.17) is 0 Å². The molecule has 4 rings (SSSR count). The predicted octanol–water partition coefficient (Wildman–Crippen LogP) is 5.25. The second kappa shape index (κ2) is 8.53. The normalized spacial score (nSPS) is 10.6. The van der Waals surface area contributed by atoms with Crippen molar-refractivity contribution in [2.24, 2.45) is 0 Å². The Labute approximate surface area is 170 Å². The Balaban J connectivity index is 1.86. The summed E-state index contributed by atoms with van der Waals surface area (Å²) in [7, 11) is 0. The molecule has 0 saturated carbocycles. The van der Waals surface area contributed by atoms with Crippen LogP contribution in [0.3, 0.4) is 0 Å². The highest BCUT2D eigenvalue weighted by molar-refractivity contribution is 5.86. The molecule has 0 amide bonds.